The Labute approximate surface area is 95.9 Å². The maximum absolute atomic E-state index is 9.94. The first-order valence-corrected chi connectivity index (χ1v) is 5.62. The maximum Gasteiger partial charge on any atom is 0.122 e. The van der Waals surface area contributed by atoms with Gasteiger partial charge in [-0.15, -0.1) is 0 Å². The summed E-state index contributed by atoms with van der Waals surface area (Å²) in [6.45, 7) is 2.61. The predicted octanol–water partition coefficient (Wildman–Crippen LogP) is 3.67. The van der Waals surface area contributed by atoms with Crippen LogP contribution in [-0.4, -0.2) is 11.7 Å². The fourth-order valence-electron chi connectivity index (χ4n) is 1.92. The lowest BCUT2D eigenvalue weighted by atomic mass is 9.95. The van der Waals surface area contributed by atoms with Gasteiger partial charge in [0.2, 0.25) is 0 Å². The average Bonchev–Trinajstić information content (AvgIpc) is 2.31. The van der Waals surface area contributed by atoms with E-state index in [9.17, 15) is 5.11 Å². The Bertz CT molecular complexity index is 416. The highest BCUT2D eigenvalue weighted by Gasteiger charge is 2.14. The molecule has 0 saturated carbocycles. The predicted molar refractivity (Wildman–Crippen MR) is 64.9 cm³/mol. The first-order chi connectivity index (χ1) is 7.81. The summed E-state index contributed by atoms with van der Waals surface area (Å²) < 4.78 is 5.40. The third-order valence-corrected chi connectivity index (χ3v) is 2.68. The first kappa shape index (κ1) is 10.8. The summed E-state index contributed by atoms with van der Waals surface area (Å²) in [6.07, 6.45) is 3.43. The second kappa shape index (κ2) is 4.88. The Hall–Kier alpha value is -1.70. The number of rotatable bonds is 3. The van der Waals surface area contributed by atoms with Gasteiger partial charge in [-0.05, 0) is 18.9 Å². The quantitative estimate of drug-likeness (QED) is 0.835. The number of benzene rings is 1. The molecule has 0 atom stereocenters. The molecule has 16 heavy (non-hydrogen) atoms. The Kier molecular flexibility index (Phi) is 3.30. The van der Waals surface area contributed by atoms with Crippen molar-refractivity contribution in [2.24, 2.45) is 0 Å². The molecule has 1 aromatic rings. The fourth-order valence-corrected chi connectivity index (χ4v) is 1.92. The average molecular weight is 216 g/mol. The molecular formula is C14H16O2. The molecule has 0 aliphatic heterocycles. The van der Waals surface area contributed by atoms with Gasteiger partial charge in [-0.2, -0.15) is 0 Å². The highest BCUT2D eigenvalue weighted by Crippen LogP contribution is 2.30. The van der Waals surface area contributed by atoms with E-state index in [1.807, 2.05) is 37.3 Å². The molecule has 1 aromatic carbocycles. The van der Waals surface area contributed by atoms with Crippen LogP contribution in [0.15, 0.2) is 47.9 Å². The van der Waals surface area contributed by atoms with E-state index in [0.717, 1.165) is 29.7 Å². The second-order valence-electron chi connectivity index (χ2n) is 3.77. The van der Waals surface area contributed by atoms with Crippen molar-refractivity contribution >= 4 is 5.57 Å². The molecule has 0 radical (unpaired) electrons. The molecule has 0 unspecified atom stereocenters. The lowest BCUT2D eigenvalue weighted by molar-refractivity contribution is 0.215. The Morgan fingerprint density at radius 3 is 2.56 bits per heavy atom. The zero-order valence-corrected chi connectivity index (χ0v) is 9.44. The van der Waals surface area contributed by atoms with Crippen LogP contribution >= 0.6 is 0 Å². The van der Waals surface area contributed by atoms with Crippen LogP contribution in [0.3, 0.4) is 0 Å². The SMILES string of the molecule is CCOC1=CC(O)=C(c2ccccc2)CC1. The molecule has 0 saturated heterocycles. The van der Waals surface area contributed by atoms with Gasteiger partial charge >= 0.3 is 0 Å². The highest BCUT2D eigenvalue weighted by molar-refractivity contribution is 5.70. The van der Waals surface area contributed by atoms with Gasteiger partial charge in [0.1, 0.15) is 5.76 Å². The second-order valence-corrected chi connectivity index (χ2v) is 3.77. The lowest BCUT2D eigenvalue weighted by Gasteiger charge is -2.17. The molecule has 2 rings (SSSR count). The summed E-state index contributed by atoms with van der Waals surface area (Å²) in [5.41, 5.74) is 2.09. The van der Waals surface area contributed by atoms with Crippen molar-refractivity contribution in [3.63, 3.8) is 0 Å². The summed E-state index contributed by atoms with van der Waals surface area (Å²) in [5.74, 6) is 1.21. The van der Waals surface area contributed by atoms with E-state index in [1.165, 1.54) is 0 Å². The van der Waals surface area contributed by atoms with Crippen molar-refractivity contribution in [2.75, 3.05) is 6.61 Å². The van der Waals surface area contributed by atoms with Gasteiger partial charge in [0.05, 0.1) is 12.4 Å². The zero-order valence-electron chi connectivity index (χ0n) is 9.44. The maximum atomic E-state index is 9.94. The molecule has 0 heterocycles. The largest absolute Gasteiger partial charge is 0.508 e. The van der Waals surface area contributed by atoms with E-state index in [0.29, 0.717) is 12.4 Å². The van der Waals surface area contributed by atoms with E-state index < -0.39 is 0 Å². The van der Waals surface area contributed by atoms with Crippen LogP contribution in [0.1, 0.15) is 25.3 Å². The molecule has 84 valence electrons. The van der Waals surface area contributed by atoms with Crippen LogP contribution in [0, 0.1) is 0 Å². The van der Waals surface area contributed by atoms with E-state index in [2.05, 4.69) is 0 Å². The molecule has 0 bridgehead atoms. The smallest absolute Gasteiger partial charge is 0.122 e. The third kappa shape index (κ3) is 2.27. The van der Waals surface area contributed by atoms with Crippen molar-refractivity contribution in [1.29, 1.82) is 0 Å². The number of ether oxygens (including phenoxy) is 1. The van der Waals surface area contributed by atoms with Crippen LogP contribution < -0.4 is 0 Å². The third-order valence-electron chi connectivity index (χ3n) is 2.68. The zero-order chi connectivity index (χ0) is 11.4. The summed E-state index contributed by atoms with van der Waals surface area (Å²) in [5, 5.41) is 9.94. The molecule has 0 spiro atoms. The molecular weight excluding hydrogens is 200 g/mol. The minimum atomic E-state index is 0.334. The van der Waals surface area contributed by atoms with Gasteiger partial charge in [0, 0.05) is 18.1 Å². The van der Waals surface area contributed by atoms with Gasteiger partial charge in [0.25, 0.3) is 0 Å². The topological polar surface area (TPSA) is 29.5 Å². The van der Waals surface area contributed by atoms with Crippen LogP contribution in [0.2, 0.25) is 0 Å². The highest BCUT2D eigenvalue weighted by atomic mass is 16.5. The monoisotopic (exact) mass is 216 g/mol. The van der Waals surface area contributed by atoms with E-state index in [-0.39, 0.29) is 0 Å². The van der Waals surface area contributed by atoms with Crippen LogP contribution in [0.5, 0.6) is 0 Å². The van der Waals surface area contributed by atoms with Gasteiger partial charge in [-0.3, -0.25) is 0 Å². The molecule has 0 fully saturated rings. The van der Waals surface area contributed by atoms with Gasteiger partial charge < -0.3 is 9.84 Å². The molecule has 1 aliphatic rings. The van der Waals surface area contributed by atoms with Gasteiger partial charge in [-0.1, -0.05) is 30.3 Å². The molecule has 2 heteroatoms. The summed E-state index contributed by atoms with van der Waals surface area (Å²) in [4.78, 5) is 0. The summed E-state index contributed by atoms with van der Waals surface area (Å²) in [7, 11) is 0. The van der Waals surface area contributed by atoms with Crippen LogP contribution in [-0.2, 0) is 4.74 Å². The minimum absolute atomic E-state index is 0.334. The number of hydrogen-bond acceptors (Lipinski definition) is 2. The van der Waals surface area contributed by atoms with Crippen molar-refractivity contribution in [2.45, 2.75) is 19.8 Å². The molecule has 2 nitrogen and oxygen atoms in total. The summed E-state index contributed by atoms with van der Waals surface area (Å²) >= 11 is 0. The number of aliphatic hydroxyl groups is 1. The number of aliphatic hydroxyl groups excluding tert-OH is 1. The Morgan fingerprint density at radius 2 is 1.94 bits per heavy atom. The van der Waals surface area contributed by atoms with Crippen LogP contribution in [0.25, 0.3) is 5.57 Å². The molecule has 0 aromatic heterocycles. The fraction of sp³-hybridized carbons (Fsp3) is 0.286. The standard InChI is InChI=1S/C14H16O2/c1-2-16-12-8-9-13(14(15)10-12)11-6-4-3-5-7-11/h3-7,10,15H,2,8-9H2,1H3. The van der Waals surface area contributed by atoms with E-state index >= 15 is 0 Å². The Morgan fingerprint density at radius 1 is 1.19 bits per heavy atom. The van der Waals surface area contributed by atoms with Crippen molar-refractivity contribution in [1.82, 2.24) is 0 Å². The first-order valence-electron chi connectivity index (χ1n) is 5.62. The number of hydrogen-bond donors (Lipinski definition) is 1. The molecule has 1 aliphatic carbocycles. The van der Waals surface area contributed by atoms with E-state index in [1.54, 1.807) is 6.08 Å². The number of allylic oxidation sites excluding steroid dienone is 3. The Balaban J connectivity index is 2.27. The van der Waals surface area contributed by atoms with Gasteiger partial charge in [-0.25, -0.2) is 0 Å². The summed E-state index contributed by atoms with van der Waals surface area (Å²) in [6, 6.07) is 9.98. The molecule has 1 N–H and O–H groups in total. The van der Waals surface area contributed by atoms with E-state index in [4.69, 9.17) is 4.74 Å². The van der Waals surface area contributed by atoms with Crippen molar-refractivity contribution < 1.29 is 9.84 Å². The van der Waals surface area contributed by atoms with Gasteiger partial charge in [0.15, 0.2) is 0 Å². The van der Waals surface area contributed by atoms with Crippen LogP contribution in [0.4, 0.5) is 0 Å². The molecule has 0 amide bonds. The van der Waals surface area contributed by atoms with Crippen molar-refractivity contribution in [3.8, 4) is 0 Å². The normalized spacial score (nSPS) is 15.9. The lowest BCUT2D eigenvalue weighted by Crippen LogP contribution is -2.01. The minimum Gasteiger partial charge on any atom is -0.508 e. The van der Waals surface area contributed by atoms with Crippen molar-refractivity contribution in [3.05, 3.63) is 53.5 Å².